The zero-order valence-electron chi connectivity index (χ0n) is 16.1. The average Bonchev–Trinajstić information content (AvgIpc) is 2.76. The lowest BCUT2D eigenvalue weighted by Crippen LogP contribution is -2.47. The van der Waals surface area contributed by atoms with Crippen LogP contribution in [0.3, 0.4) is 0 Å². The van der Waals surface area contributed by atoms with Crippen molar-refractivity contribution >= 4 is 28.7 Å². The number of hydrogen-bond donors (Lipinski definition) is 1. The first-order valence-electron chi connectivity index (χ1n) is 9.39. The molecule has 1 N–H and O–H groups in total. The maximum Gasteiger partial charge on any atom is 0.353 e. The second kappa shape index (κ2) is 8.46. The summed E-state index contributed by atoms with van der Waals surface area (Å²) in [7, 11) is 0. The number of nitro groups is 1. The van der Waals surface area contributed by atoms with E-state index in [9.17, 15) is 23.3 Å². The van der Waals surface area contributed by atoms with Crippen molar-refractivity contribution in [2.75, 3.05) is 41.3 Å². The predicted octanol–water partition coefficient (Wildman–Crippen LogP) is 3.87. The van der Waals surface area contributed by atoms with Crippen molar-refractivity contribution in [3.05, 3.63) is 76.4 Å². The Morgan fingerprint density at radius 2 is 1.55 bits per heavy atom. The molecule has 1 aromatic heterocycles. The first kappa shape index (κ1) is 20.4. The number of halogens is 3. The van der Waals surface area contributed by atoms with Gasteiger partial charge in [-0.15, -0.1) is 0 Å². The number of aromatic nitrogens is 2. The zero-order chi connectivity index (χ0) is 22.0. The molecular weight excluding hydrogens is 413 g/mol. The van der Waals surface area contributed by atoms with Crippen LogP contribution in [0, 0.1) is 27.6 Å². The van der Waals surface area contributed by atoms with E-state index in [-0.39, 0.29) is 23.1 Å². The van der Waals surface area contributed by atoms with Crippen molar-refractivity contribution in [3.63, 3.8) is 0 Å². The van der Waals surface area contributed by atoms with E-state index in [4.69, 9.17) is 0 Å². The minimum Gasteiger partial charge on any atom is -0.368 e. The van der Waals surface area contributed by atoms with Crippen LogP contribution in [0.1, 0.15) is 0 Å². The van der Waals surface area contributed by atoms with Crippen LogP contribution in [0.25, 0.3) is 0 Å². The number of hydrogen-bond acceptors (Lipinski definition) is 7. The fraction of sp³-hybridized carbons (Fsp3) is 0.200. The molecular formula is C20H17F3N6O2. The Morgan fingerprint density at radius 3 is 2.23 bits per heavy atom. The molecule has 0 saturated carbocycles. The van der Waals surface area contributed by atoms with Gasteiger partial charge in [-0.3, -0.25) is 10.1 Å². The van der Waals surface area contributed by atoms with Gasteiger partial charge in [0, 0.05) is 37.9 Å². The summed E-state index contributed by atoms with van der Waals surface area (Å²) < 4.78 is 40.6. The molecule has 0 radical (unpaired) electrons. The summed E-state index contributed by atoms with van der Waals surface area (Å²) in [5.74, 6) is -1.95. The van der Waals surface area contributed by atoms with Gasteiger partial charge in [-0.1, -0.05) is 0 Å². The molecule has 0 bridgehead atoms. The summed E-state index contributed by atoms with van der Waals surface area (Å²) in [5.41, 5.74) is 0.150. The van der Waals surface area contributed by atoms with E-state index in [1.807, 2.05) is 4.90 Å². The molecule has 0 unspecified atom stereocenters. The highest BCUT2D eigenvalue weighted by Crippen LogP contribution is 2.35. The quantitative estimate of drug-likeness (QED) is 0.486. The third-order valence-electron chi connectivity index (χ3n) is 4.94. The van der Waals surface area contributed by atoms with E-state index < -0.39 is 22.2 Å². The second-order valence-corrected chi connectivity index (χ2v) is 6.85. The van der Waals surface area contributed by atoms with Gasteiger partial charge in [0.15, 0.2) is 0 Å². The maximum atomic E-state index is 14.0. The molecule has 2 aromatic carbocycles. The van der Waals surface area contributed by atoms with Crippen molar-refractivity contribution < 1.29 is 18.1 Å². The third kappa shape index (κ3) is 4.34. The summed E-state index contributed by atoms with van der Waals surface area (Å²) in [4.78, 5) is 22.8. The highest BCUT2D eigenvalue weighted by molar-refractivity contribution is 5.74. The zero-order valence-corrected chi connectivity index (χ0v) is 16.1. The monoisotopic (exact) mass is 430 g/mol. The first-order valence-corrected chi connectivity index (χ1v) is 9.39. The van der Waals surface area contributed by atoms with E-state index in [1.54, 1.807) is 17.0 Å². The van der Waals surface area contributed by atoms with E-state index in [0.717, 1.165) is 30.2 Å². The highest BCUT2D eigenvalue weighted by Gasteiger charge is 2.29. The molecule has 4 rings (SSSR count). The van der Waals surface area contributed by atoms with Crippen molar-refractivity contribution in [2.45, 2.75) is 0 Å². The van der Waals surface area contributed by atoms with Crippen LogP contribution < -0.4 is 15.1 Å². The molecule has 1 aliphatic heterocycles. The number of nitrogens with one attached hydrogen (secondary N) is 1. The number of anilines is 4. The van der Waals surface area contributed by atoms with Gasteiger partial charge in [0.2, 0.25) is 11.6 Å². The maximum absolute atomic E-state index is 14.0. The minimum atomic E-state index is -0.774. The number of rotatable bonds is 5. The lowest BCUT2D eigenvalue weighted by atomic mass is 10.2. The van der Waals surface area contributed by atoms with E-state index >= 15 is 0 Å². The molecule has 1 aliphatic rings. The van der Waals surface area contributed by atoms with Crippen molar-refractivity contribution in [1.29, 1.82) is 0 Å². The van der Waals surface area contributed by atoms with Gasteiger partial charge in [-0.2, -0.15) is 0 Å². The van der Waals surface area contributed by atoms with E-state index in [1.165, 1.54) is 12.1 Å². The molecule has 160 valence electrons. The molecule has 0 spiro atoms. The molecule has 3 aromatic rings. The topological polar surface area (TPSA) is 87.4 Å². The van der Waals surface area contributed by atoms with Gasteiger partial charge in [0.05, 0.1) is 10.6 Å². The standard InChI is InChI=1S/C20H17F3N6O2/c21-13-1-4-15(5-2-13)27-7-9-28(10-8-27)20-18(29(30)31)19(24-12-25-20)26-17-11-14(22)3-6-16(17)23/h1-6,11-12H,7-10H2,(H,24,25,26). The summed E-state index contributed by atoms with van der Waals surface area (Å²) in [6.07, 6.45) is 1.13. The Morgan fingerprint density at radius 1 is 0.903 bits per heavy atom. The van der Waals surface area contributed by atoms with Gasteiger partial charge in [-0.25, -0.2) is 23.1 Å². The SMILES string of the molecule is O=[N+]([O-])c1c(Nc2cc(F)ccc2F)ncnc1N1CCN(c2ccc(F)cc2)CC1. The summed E-state index contributed by atoms with van der Waals surface area (Å²) in [6.45, 7) is 1.91. The third-order valence-corrected chi connectivity index (χ3v) is 4.94. The number of benzene rings is 2. The largest absolute Gasteiger partial charge is 0.368 e. The number of piperazine rings is 1. The van der Waals surface area contributed by atoms with Crippen molar-refractivity contribution in [3.8, 4) is 0 Å². The minimum absolute atomic E-state index is 0.0815. The predicted molar refractivity (Wildman–Crippen MR) is 109 cm³/mol. The van der Waals surface area contributed by atoms with Gasteiger partial charge in [0.25, 0.3) is 0 Å². The van der Waals surface area contributed by atoms with E-state index in [0.29, 0.717) is 26.2 Å². The smallest absolute Gasteiger partial charge is 0.353 e. The summed E-state index contributed by atoms with van der Waals surface area (Å²) in [6, 6.07) is 8.85. The van der Waals surface area contributed by atoms with Gasteiger partial charge < -0.3 is 15.1 Å². The molecule has 8 nitrogen and oxygen atoms in total. The summed E-state index contributed by atoms with van der Waals surface area (Å²) in [5, 5.41) is 14.3. The van der Waals surface area contributed by atoms with Crippen LogP contribution in [0.4, 0.5) is 41.9 Å². The Labute approximate surface area is 175 Å². The average molecular weight is 430 g/mol. The molecule has 0 amide bonds. The van der Waals surface area contributed by atoms with Crippen LogP contribution in [0.15, 0.2) is 48.8 Å². The Hall–Kier alpha value is -3.89. The fourth-order valence-corrected chi connectivity index (χ4v) is 3.41. The van der Waals surface area contributed by atoms with Crippen molar-refractivity contribution in [1.82, 2.24) is 9.97 Å². The molecule has 0 atom stereocenters. The molecule has 11 heteroatoms. The van der Waals surface area contributed by atoms with Gasteiger partial charge >= 0.3 is 5.69 Å². The van der Waals surface area contributed by atoms with Crippen LogP contribution in [0.2, 0.25) is 0 Å². The van der Waals surface area contributed by atoms with Gasteiger partial charge in [0.1, 0.15) is 23.8 Å². The van der Waals surface area contributed by atoms with Crippen LogP contribution >= 0.6 is 0 Å². The molecule has 1 fully saturated rings. The molecule has 0 aliphatic carbocycles. The van der Waals surface area contributed by atoms with Crippen LogP contribution in [-0.2, 0) is 0 Å². The van der Waals surface area contributed by atoms with E-state index in [2.05, 4.69) is 15.3 Å². The van der Waals surface area contributed by atoms with Crippen LogP contribution in [-0.4, -0.2) is 41.1 Å². The van der Waals surface area contributed by atoms with Crippen molar-refractivity contribution in [2.24, 2.45) is 0 Å². The lowest BCUT2D eigenvalue weighted by molar-refractivity contribution is -0.383. The highest BCUT2D eigenvalue weighted by atomic mass is 19.1. The Balaban J connectivity index is 1.57. The fourth-order valence-electron chi connectivity index (χ4n) is 3.41. The Bertz CT molecular complexity index is 1100. The number of nitrogens with zero attached hydrogens (tertiary/aromatic N) is 5. The lowest BCUT2D eigenvalue weighted by Gasteiger charge is -2.36. The normalized spacial score (nSPS) is 13.9. The Kier molecular flexibility index (Phi) is 5.56. The molecule has 2 heterocycles. The molecule has 31 heavy (non-hydrogen) atoms. The molecule has 1 saturated heterocycles. The first-order chi connectivity index (χ1) is 14.9. The van der Waals surface area contributed by atoms with Crippen LogP contribution in [0.5, 0.6) is 0 Å². The second-order valence-electron chi connectivity index (χ2n) is 6.85. The van der Waals surface area contributed by atoms with Gasteiger partial charge in [-0.05, 0) is 36.4 Å². The summed E-state index contributed by atoms with van der Waals surface area (Å²) >= 11 is 0.